The summed E-state index contributed by atoms with van der Waals surface area (Å²) < 4.78 is 21.3. The fourth-order valence-corrected chi connectivity index (χ4v) is 4.62. The lowest BCUT2D eigenvalue weighted by Gasteiger charge is -2.29. The maximum atomic E-state index is 13.6. The maximum Gasteiger partial charge on any atom is 0.174 e. The van der Waals surface area contributed by atoms with Crippen molar-refractivity contribution in [2.24, 2.45) is 0 Å². The van der Waals surface area contributed by atoms with Crippen molar-refractivity contribution in [1.29, 1.82) is 0 Å². The minimum Gasteiger partial charge on any atom is -0.494 e. The third-order valence-electron chi connectivity index (χ3n) is 5.71. The first-order valence-electron chi connectivity index (χ1n) is 10.8. The molecule has 2 aromatic heterocycles. The SMILES string of the molecule is CCOc1ccc(N2C(=S)N[C@H](c3ccccn3)[C@@H]2c2cccn2-c2ccc(F)cc2)cc1. The number of anilines is 1. The van der Waals surface area contributed by atoms with Crippen molar-refractivity contribution < 1.29 is 9.13 Å². The molecule has 4 aromatic rings. The summed E-state index contributed by atoms with van der Waals surface area (Å²) in [5.74, 6) is 0.547. The van der Waals surface area contributed by atoms with E-state index in [1.807, 2.05) is 61.7 Å². The van der Waals surface area contributed by atoms with Gasteiger partial charge in [-0.2, -0.15) is 0 Å². The molecule has 5 rings (SSSR count). The molecule has 1 N–H and O–H groups in total. The molecule has 1 aliphatic rings. The molecule has 0 amide bonds. The molecule has 1 fully saturated rings. The van der Waals surface area contributed by atoms with Crippen LogP contribution in [0.4, 0.5) is 10.1 Å². The van der Waals surface area contributed by atoms with Crippen LogP contribution in [0.15, 0.2) is 91.3 Å². The number of nitrogens with zero attached hydrogens (tertiary/aromatic N) is 3. The Bertz CT molecular complexity index is 1240. The molecule has 1 aliphatic heterocycles. The van der Waals surface area contributed by atoms with Crippen LogP contribution in [0.1, 0.15) is 30.4 Å². The van der Waals surface area contributed by atoms with Crippen molar-refractivity contribution in [3.8, 4) is 11.4 Å². The zero-order valence-electron chi connectivity index (χ0n) is 18.1. The first-order valence-corrected chi connectivity index (χ1v) is 11.2. The van der Waals surface area contributed by atoms with E-state index < -0.39 is 0 Å². The predicted molar refractivity (Wildman–Crippen MR) is 131 cm³/mol. The Morgan fingerprint density at radius 1 is 0.970 bits per heavy atom. The van der Waals surface area contributed by atoms with Crippen LogP contribution >= 0.6 is 12.2 Å². The van der Waals surface area contributed by atoms with Crippen LogP contribution in [0.3, 0.4) is 0 Å². The van der Waals surface area contributed by atoms with E-state index in [0.29, 0.717) is 11.7 Å². The molecule has 0 radical (unpaired) electrons. The zero-order chi connectivity index (χ0) is 22.8. The Kier molecular flexibility index (Phi) is 5.79. The van der Waals surface area contributed by atoms with Crippen LogP contribution in [0.5, 0.6) is 5.75 Å². The fraction of sp³-hybridized carbons (Fsp3) is 0.154. The molecule has 0 saturated carbocycles. The summed E-state index contributed by atoms with van der Waals surface area (Å²) in [4.78, 5) is 6.72. The second kappa shape index (κ2) is 9.03. The molecule has 2 aromatic carbocycles. The minimum absolute atomic E-state index is 0.167. The molecule has 0 aliphatic carbocycles. The third kappa shape index (κ3) is 4.07. The molecule has 0 unspecified atom stereocenters. The summed E-state index contributed by atoms with van der Waals surface area (Å²) in [6.07, 6.45) is 3.77. The first kappa shape index (κ1) is 21.2. The maximum absolute atomic E-state index is 13.6. The van der Waals surface area contributed by atoms with Crippen molar-refractivity contribution >= 4 is 23.0 Å². The zero-order valence-corrected chi connectivity index (χ0v) is 18.9. The van der Waals surface area contributed by atoms with Crippen molar-refractivity contribution in [1.82, 2.24) is 14.9 Å². The van der Waals surface area contributed by atoms with E-state index in [9.17, 15) is 4.39 Å². The van der Waals surface area contributed by atoms with Gasteiger partial charge in [0.2, 0.25) is 0 Å². The van der Waals surface area contributed by atoms with E-state index in [-0.39, 0.29) is 17.9 Å². The average Bonchev–Trinajstić information content (AvgIpc) is 3.45. The second-order valence-corrected chi connectivity index (χ2v) is 8.09. The van der Waals surface area contributed by atoms with E-state index in [0.717, 1.165) is 28.5 Å². The number of nitrogens with one attached hydrogen (secondary N) is 1. The Balaban J connectivity index is 1.62. The van der Waals surface area contributed by atoms with Gasteiger partial charge in [-0.25, -0.2) is 4.39 Å². The Hall–Kier alpha value is -3.71. The number of aromatic nitrogens is 2. The molecule has 2 atom stereocenters. The highest BCUT2D eigenvalue weighted by molar-refractivity contribution is 7.80. The molecule has 3 heterocycles. The smallest absolute Gasteiger partial charge is 0.174 e. The van der Waals surface area contributed by atoms with E-state index in [4.69, 9.17) is 17.0 Å². The fourth-order valence-electron chi connectivity index (χ4n) is 4.28. The summed E-state index contributed by atoms with van der Waals surface area (Å²) in [5, 5.41) is 4.09. The van der Waals surface area contributed by atoms with Crippen molar-refractivity contribution in [3.05, 3.63) is 108 Å². The predicted octanol–water partition coefficient (Wildman–Crippen LogP) is 5.59. The normalized spacial score (nSPS) is 17.8. The highest BCUT2D eigenvalue weighted by atomic mass is 32.1. The molecular formula is C26H23FN4OS. The van der Waals surface area contributed by atoms with Gasteiger partial charge in [0.15, 0.2) is 5.11 Å². The number of benzene rings is 2. The molecule has 5 nitrogen and oxygen atoms in total. The molecule has 0 spiro atoms. The summed E-state index contributed by atoms with van der Waals surface area (Å²) in [5.41, 5.74) is 3.73. The van der Waals surface area contributed by atoms with Gasteiger partial charge in [-0.15, -0.1) is 0 Å². The van der Waals surface area contributed by atoms with Crippen LogP contribution in [0, 0.1) is 5.82 Å². The monoisotopic (exact) mass is 458 g/mol. The number of hydrogen-bond acceptors (Lipinski definition) is 3. The summed E-state index contributed by atoms with van der Waals surface area (Å²) in [6, 6.07) is 24.0. The molecule has 33 heavy (non-hydrogen) atoms. The summed E-state index contributed by atoms with van der Waals surface area (Å²) >= 11 is 5.81. The van der Waals surface area contributed by atoms with Gasteiger partial charge in [-0.1, -0.05) is 6.07 Å². The topological polar surface area (TPSA) is 42.3 Å². The lowest BCUT2D eigenvalue weighted by molar-refractivity contribution is 0.340. The van der Waals surface area contributed by atoms with E-state index in [1.165, 1.54) is 12.1 Å². The third-order valence-corrected chi connectivity index (χ3v) is 6.03. The number of pyridine rings is 1. The van der Waals surface area contributed by atoms with Gasteiger partial charge in [-0.05, 0) is 91.9 Å². The quantitative estimate of drug-likeness (QED) is 0.382. The van der Waals surface area contributed by atoms with Gasteiger partial charge in [0.25, 0.3) is 0 Å². The van der Waals surface area contributed by atoms with Crippen molar-refractivity contribution in [3.63, 3.8) is 0 Å². The van der Waals surface area contributed by atoms with E-state index in [2.05, 4.69) is 25.8 Å². The highest BCUT2D eigenvalue weighted by Gasteiger charge is 2.42. The number of hydrogen-bond donors (Lipinski definition) is 1. The number of halogens is 1. The minimum atomic E-state index is -0.265. The lowest BCUT2D eigenvalue weighted by Crippen LogP contribution is -2.30. The standard InChI is InChI=1S/C26H23FN4OS/c1-2-32-21-14-12-20(13-15-21)31-25(24(29-26(31)33)22-6-3-4-16-28-22)23-7-5-17-30(23)19-10-8-18(27)9-11-19/h3-17,24-25H,2H2,1H3,(H,29,33)/t24-,25+/m1/s1. The summed E-state index contributed by atoms with van der Waals surface area (Å²) in [7, 11) is 0. The molecule has 7 heteroatoms. The van der Waals surface area contributed by atoms with Crippen molar-refractivity contribution in [2.45, 2.75) is 19.0 Å². The molecule has 166 valence electrons. The number of thiocarbonyl (C=S) groups is 1. The number of ether oxygens (including phenoxy) is 1. The van der Waals surface area contributed by atoms with Gasteiger partial charge in [-0.3, -0.25) is 4.98 Å². The molecule has 0 bridgehead atoms. The van der Waals surface area contributed by atoms with Gasteiger partial charge in [0.05, 0.1) is 18.3 Å². The number of rotatable bonds is 6. The molecule has 1 saturated heterocycles. The van der Waals surface area contributed by atoms with Crippen molar-refractivity contribution in [2.75, 3.05) is 11.5 Å². The second-order valence-electron chi connectivity index (χ2n) is 7.70. The van der Waals surface area contributed by atoms with Crippen LogP contribution in [0.2, 0.25) is 0 Å². The van der Waals surface area contributed by atoms with Crippen LogP contribution in [-0.2, 0) is 0 Å². The Labute approximate surface area is 197 Å². The largest absolute Gasteiger partial charge is 0.494 e. The van der Waals surface area contributed by atoms with Gasteiger partial charge in [0.1, 0.15) is 17.6 Å². The van der Waals surface area contributed by atoms with E-state index >= 15 is 0 Å². The van der Waals surface area contributed by atoms with Gasteiger partial charge in [0, 0.05) is 29.5 Å². The van der Waals surface area contributed by atoms with Gasteiger partial charge < -0.3 is 19.5 Å². The lowest BCUT2D eigenvalue weighted by atomic mass is 10.0. The van der Waals surface area contributed by atoms with E-state index in [1.54, 1.807) is 18.3 Å². The molecular weight excluding hydrogens is 435 g/mol. The van der Waals surface area contributed by atoms with Crippen LogP contribution in [0.25, 0.3) is 5.69 Å². The van der Waals surface area contributed by atoms with Crippen LogP contribution in [-0.4, -0.2) is 21.3 Å². The van der Waals surface area contributed by atoms with Crippen LogP contribution < -0.4 is 15.0 Å². The Morgan fingerprint density at radius 3 is 2.42 bits per heavy atom. The van der Waals surface area contributed by atoms with Gasteiger partial charge >= 0.3 is 0 Å². The first-order chi connectivity index (χ1) is 16.2. The average molecular weight is 459 g/mol. The Morgan fingerprint density at radius 2 is 1.73 bits per heavy atom. The summed E-state index contributed by atoms with van der Waals surface area (Å²) in [6.45, 7) is 2.57. The highest BCUT2D eigenvalue weighted by Crippen LogP contribution is 2.42.